The van der Waals surface area contributed by atoms with Crippen molar-refractivity contribution in [3.05, 3.63) is 90.3 Å². The lowest BCUT2D eigenvalue weighted by Gasteiger charge is -2.34. The van der Waals surface area contributed by atoms with Crippen molar-refractivity contribution in [1.82, 2.24) is 9.71 Å². The van der Waals surface area contributed by atoms with Crippen LogP contribution in [0.2, 0.25) is 0 Å². The third-order valence-electron chi connectivity index (χ3n) is 4.40. The van der Waals surface area contributed by atoms with Crippen molar-refractivity contribution in [2.75, 3.05) is 4.90 Å². The van der Waals surface area contributed by atoms with Crippen molar-refractivity contribution in [3.63, 3.8) is 0 Å². The molecule has 1 N–H and O–H groups in total. The van der Waals surface area contributed by atoms with E-state index in [-0.39, 0.29) is 11.9 Å². The van der Waals surface area contributed by atoms with Crippen LogP contribution in [0.3, 0.4) is 0 Å². The van der Waals surface area contributed by atoms with Crippen LogP contribution in [0.4, 0.5) is 5.69 Å². The molecule has 1 unspecified atom stereocenters. The monoisotopic (exact) mass is 361 g/mol. The molecule has 0 radical (unpaired) electrons. The summed E-state index contributed by atoms with van der Waals surface area (Å²) in [4.78, 5) is 20.3. The summed E-state index contributed by atoms with van der Waals surface area (Å²) in [6.45, 7) is 0.560. The summed E-state index contributed by atoms with van der Waals surface area (Å²) in [5.41, 5.74) is 3.16. The van der Waals surface area contributed by atoms with Gasteiger partial charge >= 0.3 is 0 Å². The fourth-order valence-corrected chi connectivity index (χ4v) is 3.86. The Labute approximate surface area is 157 Å². The summed E-state index contributed by atoms with van der Waals surface area (Å²) in [7, 11) is 0. The van der Waals surface area contributed by atoms with Crippen LogP contribution in [-0.4, -0.2) is 16.9 Å². The Morgan fingerprint density at radius 3 is 2.54 bits per heavy atom. The molecule has 5 heteroatoms. The second-order valence-electron chi connectivity index (χ2n) is 6.20. The van der Waals surface area contributed by atoms with E-state index in [1.165, 1.54) is 11.9 Å². The molecule has 4 rings (SSSR count). The van der Waals surface area contributed by atoms with Crippen LogP contribution in [0.1, 0.15) is 11.1 Å². The maximum absolute atomic E-state index is 13.1. The van der Waals surface area contributed by atoms with Crippen LogP contribution in [0.15, 0.2) is 84.0 Å². The van der Waals surface area contributed by atoms with E-state index in [1.54, 1.807) is 6.20 Å². The van der Waals surface area contributed by atoms with Crippen LogP contribution >= 0.6 is 11.9 Å². The molecule has 1 aliphatic heterocycles. The third kappa shape index (κ3) is 3.64. The molecule has 1 amide bonds. The van der Waals surface area contributed by atoms with Crippen molar-refractivity contribution in [2.45, 2.75) is 23.9 Å². The third-order valence-corrected chi connectivity index (χ3v) is 5.31. The first-order valence-corrected chi connectivity index (χ1v) is 9.38. The number of nitrogens with one attached hydrogen (secondary N) is 1. The van der Waals surface area contributed by atoms with Crippen molar-refractivity contribution >= 4 is 23.5 Å². The van der Waals surface area contributed by atoms with Gasteiger partial charge in [0, 0.05) is 23.7 Å². The number of fused-ring (bicyclic) bond motifs is 1. The summed E-state index contributed by atoms with van der Waals surface area (Å²) >= 11 is 1.50. The molecule has 1 aliphatic rings. The number of hydrogen-bond acceptors (Lipinski definition) is 4. The molecule has 0 saturated heterocycles. The average molecular weight is 361 g/mol. The minimum Gasteiger partial charge on any atom is -0.306 e. The van der Waals surface area contributed by atoms with Crippen LogP contribution < -0.4 is 9.62 Å². The van der Waals surface area contributed by atoms with E-state index in [0.717, 1.165) is 21.7 Å². The van der Waals surface area contributed by atoms with Gasteiger partial charge in [-0.25, -0.2) is 4.72 Å². The predicted molar refractivity (Wildman–Crippen MR) is 105 cm³/mol. The van der Waals surface area contributed by atoms with Gasteiger partial charge in [-0.2, -0.15) is 0 Å². The van der Waals surface area contributed by atoms with Gasteiger partial charge in [-0.05, 0) is 41.3 Å². The van der Waals surface area contributed by atoms with E-state index in [2.05, 4.69) is 9.71 Å². The molecule has 130 valence electrons. The Bertz CT molecular complexity index is 886. The SMILES string of the molecule is O=C1C(NSc2ccccc2)Cc2cnccc2N1Cc1ccccc1. The summed E-state index contributed by atoms with van der Waals surface area (Å²) in [6, 6.07) is 21.8. The van der Waals surface area contributed by atoms with Crippen molar-refractivity contribution in [1.29, 1.82) is 0 Å². The van der Waals surface area contributed by atoms with Gasteiger partial charge in [0.25, 0.3) is 0 Å². The quantitative estimate of drug-likeness (QED) is 0.702. The summed E-state index contributed by atoms with van der Waals surface area (Å²) < 4.78 is 3.34. The molecule has 1 atom stereocenters. The fourth-order valence-electron chi connectivity index (χ4n) is 3.10. The first-order valence-electron chi connectivity index (χ1n) is 8.57. The van der Waals surface area contributed by atoms with Gasteiger partial charge < -0.3 is 4.90 Å². The minimum atomic E-state index is -0.277. The van der Waals surface area contributed by atoms with E-state index in [1.807, 2.05) is 77.8 Å². The highest BCUT2D eigenvalue weighted by atomic mass is 32.2. The first-order chi connectivity index (χ1) is 12.8. The molecular formula is C21H19N3OS. The largest absolute Gasteiger partial charge is 0.306 e. The lowest BCUT2D eigenvalue weighted by Crippen LogP contribution is -2.49. The van der Waals surface area contributed by atoms with E-state index < -0.39 is 0 Å². The van der Waals surface area contributed by atoms with Gasteiger partial charge in [-0.1, -0.05) is 48.5 Å². The zero-order valence-corrected chi connectivity index (χ0v) is 15.0. The van der Waals surface area contributed by atoms with Gasteiger partial charge in [0.05, 0.1) is 12.2 Å². The molecule has 4 nitrogen and oxygen atoms in total. The number of hydrogen-bond donors (Lipinski definition) is 1. The Morgan fingerprint density at radius 2 is 1.77 bits per heavy atom. The van der Waals surface area contributed by atoms with E-state index in [4.69, 9.17) is 0 Å². The molecule has 0 bridgehead atoms. The second kappa shape index (κ2) is 7.72. The summed E-state index contributed by atoms with van der Waals surface area (Å²) in [5, 5.41) is 0. The maximum Gasteiger partial charge on any atom is 0.245 e. The molecule has 1 aromatic heterocycles. The molecule has 2 aromatic carbocycles. The Morgan fingerprint density at radius 1 is 1.04 bits per heavy atom. The van der Waals surface area contributed by atoms with Gasteiger partial charge in [0.1, 0.15) is 6.04 Å². The molecule has 2 heterocycles. The Balaban J connectivity index is 1.57. The zero-order chi connectivity index (χ0) is 17.8. The number of amides is 1. The van der Waals surface area contributed by atoms with E-state index >= 15 is 0 Å². The highest BCUT2D eigenvalue weighted by Gasteiger charge is 2.32. The highest BCUT2D eigenvalue weighted by molar-refractivity contribution is 7.97. The van der Waals surface area contributed by atoms with Crippen LogP contribution in [-0.2, 0) is 17.8 Å². The molecule has 0 fully saturated rings. The van der Waals surface area contributed by atoms with Gasteiger partial charge in [0.2, 0.25) is 5.91 Å². The molecule has 0 aliphatic carbocycles. The first kappa shape index (κ1) is 16.8. The minimum absolute atomic E-state index is 0.0935. The molecular weight excluding hydrogens is 342 g/mol. The van der Waals surface area contributed by atoms with Gasteiger partial charge in [-0.15, -0.1) is 0 Å². The smallest absolute Gasteiger partial charge is 0.245 e. The molecule has 0 saturated carbocycles. The number of carbonyl (C=O) groups is 1. The Kier molecular flexibility index (Phi) is 5.00. The number of benzene rings is 2. The summed E-state index contributed by atoms with van der Waals surface area (Å²) in [5.74, 6) is 0.0935. The lowest BCUT2D eigenvalue weighted by molar-refractivity contribution is -0.120. The topological polar surface area (TPSA) is 45.2 Å². The van der Waals surface area contributed by atoms with Crippen LogP contribution in [0.25, 0.3) is 0 Å². The fraction of sp³-hybridized carbons (Fsp3) is 0.143. The average Bonchev–Trinajstić information content (AvgIpc) is 2.70. The van der Waals surface area contributed by atoms with E-state index in [9.17, 15) is 4.79 Å². The number of pyridine rings is 1. The van der Waals surface area contributed by atoms with Crippen molar-refractivity contribution in [3.8, 4) is 0 Å². The lowest BCUT2D eigenvalue weighted by atomic mass is 9.99. The number of nitrogens with zero attached hydrogens (tertiary/aromatic N) is 2. The zero-order valence-electron chi connectivity index (χ0n) is 14.2. The molecule has 3 aromatic rings. The summed E-state index contributed by atoms with van der Waals surface area (Å²) in [6.07, 6.45) is 4.26. The molecule has 26 heavy (non-hydrogen) atoms. The van der Waals surface area contributed by atoms with Crippen molar-refractivity contribution in [2.24, 2.45) is 0 Å². The van der Waals surface area contributed by atoms with Gasteiger partial charge in [0.15, 0.2) is 0 Å². The predicted octanol–water partition coefficient (Wildman–Crippen LogP) is 3.84. The normalized spacial score (nSPS) is 16.4. The Hall–Kier alpha value is -2.63. The van der Waals surface area contributed by atoms with Crippen LogP contribution in [0.5, 0.6) is 0 Å². The van der Waals surface area contributed by atoms with Crippen molar-refractivity contribution < 1.29 is 4.79 Å². The number of aromatic nitrogens is 1. The number of carbonyl (C=O) groups excluding carboxylic acids is 1. The molecule has 0 spiro atoms. The number of anilines is 1. The van der Waals surface area contributed by atoms with Crippen LogP contribution in [0, 0.1) is 0 Å². The number of rotatable bonds is 5. The second-order valence-corrected chi connectivity index (χ2v) is 7.12. The van der Waals surface area contributed by atoms with E-state index in [0.29, 0.717) is 13.0 Å². The standard InChI is InChI=1S/C21H19N3OS/c25-21-19(23-26-18-9-5-2-6-10-18)13-17-14-22-12-11-20(17)24(21)15-16-7-3-1-4-8-16/h1-12,14,19,23H,13,15H2. The highest BCUT2D eigenvalue weighted by Crippen LogP contribution is 2.29. The maximum atomic E-state index is 13.1. The van der Waals surface area contributed by atoms with Gasteiger partial charge in [-0.3, -0.25) is 9.78 Å².